The smallest absolute Gasteiger partial charge is 0.119 e. The average Bonchev–Trinajstić information content (AvgIpc) is 2.81. The molecule has 0 saturated carbocycles. The predicted molar refractivity (Wildman–Crippen MR) is 76.3 cm³/mol. The van der Waals surface area contributed by atoms with Gasteiger partial charge in [-0.1, -0.05) is 12.1 Å². The van der Waals surface area contributed by atoms with E-state index in [2.05, 4.69) is 27.0 Å². The first kappa shape index (κ1) is 13.6. The summed E-state index contributed by atoms with van der Waals surface area (Å²) >= 11 is 0. The number of aryl methyl sites for hydroxylation is 1. The maximum atomic E-state index is 5.49. The molecule has 0 fully saturated rings. The van der Waals surface area contributed by atoms with E-state index in [1.54, 1.807) is 0 Å². The summed E-state index contributed by atoms with van der Waals surface area (Å²) in [5, 5.41) is 3.43. The van der Waals surface area contributed by atoms with Gasteiger partial charge in [0.1, 0.15) is 11.6 Å². The van der Waals surface area contributed by atoms with Crippen molar-refractivity contribution in [2.45, 2.75) is 26.9 Å². The number of nitrogens with one attached hydrogen (secondary N) is 1. The highest BCUT2D eigenvalue weighted by Crippen LogP contribution is 2.12. The fraction of sp³-hybridized carbons (Fsp3) is 0.400. The minimum absolute atomic E-state index is 0.705. The minimum Gasteiger partial charge on any atom is -0.494 e. The Morgan fingerprint density at radius 1 is 1.37 bits per heavy atom. The van der Waals surface area contributed by atoms with Crippen LogP contribution in [0, 0.1) is 6.92 Å². The second-order valence-corrected chi connectivity index (χ2v) is 4.43. The predicted octanol–water partition coefficient (Wildman–Crippen LogP) is 2.38. The van der Waals surface area contributed by atoms with E-state index in [0.717, 1.165) is 31.2 Å². The van der Waals surface area contributed by atoms with Gasteiger partial charge in [-0.15, -0.1) is 0 Å². The Balaban J connectivity index is 1.76. The number of ether oxygens (including phenoxy) is 1. The van der Waals surface area contributed by atoms with Gasteiger partial charge in [-0.05, 0) is 31.5 Å². The molecule has 0 spiro atoms. The first-order chi connectivity index (χ1) is 9.29. The van der Waals surface area contributed by atoms with E-state index in [0.29, 0.717) is 6.61 Å². The van der Waals surface area contributed by atoms with Gasteiger partial charge in [0.2, 0.25) is 0 Å². The Kier molecular flexibility index (Phi) is 4.98. The third-order valence-electron chi connectivity index (χ3n) is 2.99. The van der Waals surface area contributed by atoms with Gasteiger partial charge in [0.05, 0.1) is 6.61 Å². The normalized spacial score (nSPS) is 10.6. The Morgan fingerprint density at radius 3 is 3.00 bits per heavy atom. The monoisotopic (exact) mass is 259 g/mol. The zero-order valence-corrected chi connectivity index (χ0v) is 11.6. The summed E-state index contributed by atoms with van der Waals surface area (Å²) in [5.41, 5.74) is 1.24. The molecule has 4 nitrogen and oxygen atoms in total. The van der Waals surface area contributed by atoms with E-state index in [1.165, 1.54) is 5.56 Å². The van der Waals surface area contributed by atoms with Crippen molar-refractivity contribution in [2.24, 2.45) is 0 Å². The molecule has 0 atom stereocenters. The molecule has 1 heterocycles. The van der Waals surface area contributed by atoms with Gasteiger partial charge in [-0.2, -0.15) is 0 Å². The van der Waals surface area contributed by atoms with Crippen molar-refractivity contribution < 1.29 is 4.74 Å². The minimum atomic E-state index is 0.705. The largest absolute Gasteiger partial charge is 0.494 e. The highest BCUT2D eigenvalue weighted by Gasteiger charge is 1.98. The van der Waals surface area contributed by atoms with Crippen molar-refractivity contribution in [3.63, 3.8) is 0 Å². The molecule has 0 unspecified atom stereocenters. The van der Waals surface area contributed by atoms with E-state index < -0.39 is 0 Å². The second kappa shape index (κ2) is 6.95. The molecular weight excluding hydrogens is 238 g/mol. The number of nitrogens with zero attached hydrogens (tertiary/aromatic N) is 2. The molecule has 2 rings (SSSR count). The number of benzene rings is 1. The quantitative estimate of drug-likeness (QED) is 0.776. The van der Waals surface area contributed by atoms with E-state index in [4.69, 9.17) is 4.74 Å². The Hall–Kier alpha value is -1.81. The summed E-state index contributed by atoms with van der Waals surface area (Å²) in [5.74, 6) is 1.99. The van der Waals surface area contributed by atoms with Crippen molar-refractivity contribution in [2.75, 3.05) is 13.2 Å². The van der Waals surface area contributed by atoms with Gasteiger partial charge in [0.15, 0.2) is 0 Å². The molecule has 0 bridgehead atoms. The lowest BCUT2D eigenvalue weighted by Gasteiger charge is -2.08. The van der Waals surface area contributed by atoms with E-state index in [9.17, 15) is 0 Å². The van der Waals surface area contributed by atoms with Crippen LogP contribution in [0.5, 0.6) is 5.75 Å². The van der Waals surface area contributed by atoms with Gasteiger partial charge < -0.3 is 14.6 Å². The SMILES string of the molecule is CCOc1cccc(CNCCn2ccnc2C)c1. The number of hydrogen-bond acceptors (Lipinski definition) is 3. The van der Waals surface area contributed by atoms with Gasteiger partial charge in [-0.25, -0.2) is 4.98 Å². The van der Waals surface area contributed by atoms with Crippen LogP contribution < -0.4 is 10.1 Å². The Labute approximate surface area is 114 Å². The Bertz CT molecular complexity index is 508. The van der Waals surface area contributed by atoms with Crippen molar-refractivity contribution in [1.82, 2.24) is 14.9 Å². The standard InChI is InChI=1S/C15H21N3O/c1-3-19-15-6-4-5-14(11-15)12-16-7-9-18-10-8-17-13(18)2/h4-6,8,10-11,16H,3,7,9,12H2,1-2H3. The molecule has 0 amide bonds. The third kappa shape index (κ3) is 4.10. The first-order valence-corrected chi connectivity index (χ1v) is 6.70. The molecule has 0 aliphatic rings. The van der Waals surface area contributed by atoms with Crippen LogP contribution >= 0.6 is 0 Å². The van der Waals surface area contributed by atoms with Crippen LogP contribution in [0.15, 0.2) is 36.7 Å². The molecule has 2 aromatic rings. The van der Waals surface area contributed by atoms with Crippen molar-refractivity contribution >= 4 is 0 Å². The average molecular weight is 259 g/mol. The van der Waals surface area contributed by atoms with Crippen LogP contribution in [0.2, 0.25) is 0 Å². The van der Waals surface area contributed by atoms with E-state index in [1.807, 2.05) is 38.4 Å². The lowest BCUT2D eigenvalue weighted by atomic mass is 10.2. The van der Waals surface area contributed by atoms with Crippen LogP contribution in [0.25, 0.3) is 0 Å². The van der Waals surface area contributed by atoms with Crippen molar-refractivity contribution in [3.05, 3.63) is 48.0 Å². The van der Waals surface area contributed by atoms with Gasteiger partial charge in [-0.3, -0.25) is 0 Å². The fourth-order valence-electron chi connectivity index (χ4n) is 1.98. The molecule has 1 N–H and O–H groups in total. The number of aromatic nitrogens is 2. The summed E-state index contributed by atoms with van der Waals surface area (Å²) in [6.45, 7) is 7.45. The molecular formula is C15H21N3O. The van der Waals surface area contributed by atoms with Crippen molar-refractivity contribution in [1.29, 1.82) is 0 Å². The van der Waals surface area contributed by atoms with Gasteiger partial charge >= 0.3 is 0 Å². The second-order valence-electron chi connectivity index (χ2n) is 4.43. The van der Waals surface area contributed by atoms with Crippen LogP contribution in [0.4, 0.5) is 0 Å². The fourth-order valence-corrected chi connectivity index (χ4v) is 1.98. The number of rotatable bonds is 7. The Morgan fingerprint density at radius 2 is 2.26 bits per heavy atom. The van der Waals surface area contributed by atoms with Gasteiger partial charge in [0, 0.05) is 32.0 Å². The van der Waals surface area contributed by atoms with E-state index in [-0.39, 0.29) is 0 Å². The summed E-state index contributed by atoms with van der Waals surface area (Å²) < 4.78 is 7.63. The topological polar surface area (TPSA) is 39.1 Å². The molecule has 0 aliphatic carbocycles. The lowest BCUT2D eigenvalue weighted by molar-refractivity contribution is 0.340. The lowest BCUT2D eigenvalue weighted by Crippen LogP contribution is -2.19. The van der Waals surface area contributed by atoms with E-state index >= 15 is 0 Å². The molecule has 0 radical (unpaired) electrons. The first-order valence-electron chi connectivity index (χ1n) is 6.70. The summed E-state index contributed by atoms with van der Waals surface area (Å²) in [6, 6.07) is 8.21. The molecule has 0 aliphatic heterocycles. The molecule has 102 valence electrons. The molecule has 19 heavy (non-hydrogen) atoms. The summed E-state index contributed by atoms with van der Waals surface area (Å²) in [6.07, 6.45) is 3.84. The zero-order chi connectivity index (χ0) is 13.5. The van der Waals surface area contributed by atoms with Crippen LogP contribution in [-0.4, -0.2) is 22.7 Å². The van der Waals surface area contributed by atoms with Crippen LogP contribution in [0.3, 0.4) is 0 Å². The molecule has 4 heteroatoms. The molecule has 0 saturated heterocycles. The number of hydrogen-bond donors (Lipinski definition) is 1. The third-order valence-corrected chi connectivity index (χ3v) is 2.99. The molecule has 1 aromatic carbocycles. The summed E-state index contributed by atoms with van der Waals surface area (Å²) in [4.78, 5) is 4.20. The highest BCUT2D eigenvalue weighted by atomic mass is 16.5. The van der Waals surface area contributed by atoms with Crippen molar-refractivity contribution in [3.8, 4) is 5.75 Å². The maximum absolute atomic E-state index is 5.49. The maximum Gasteiger partial charge on any atom is 0.119 e. The number of imidazole rings is 1. The molecule has 1 aromatic heterocycles. The zero-order valence-electron chi connectivity index (χ0n) is 11.6. The van der Waals surface area contributed by atoms with Gasteiger partial charge in [0.25, 0.3) is 0 Å². The highest BCUT2D eigenvalue weighted by molar-refractivity contribution is 5.28. The van der Waals surface area contributed by atoms with Crippen LogP contribution in [-0.2, 0) is 13.1 Å². The van der Waals surface area contributed by atoms with Crippen LogP contribution in [0.1, 0.15) is 18.3 Å². The summed E-state index contributed by atoms with van der Waals surface area (Å²) in [7, 11) is 0.